The molecular weight excluding hydrogens is 294 g/mol. The minimum Gasteiger partial charge on any atom is -0.368 e. The number of alkyl halides is 1. The van der Waals surface area contributed by atoms with Crippen molar-refractivity contribution in [3.05, 3.63) is 35.9 Å². The van der Waals surface area contributed by atoms with Gasteiger partial charge in [-0.1, -0.05) is 46.3 Å². The highest BCUT2D eigenvalue weighted by Crippen LogP contribution is 2.18. The molecule has 1 fully saturated rings. The lowest BCUT2D eigenvalue weighted by Gasteiger charge is -2.24. The van der Waals surface area contributed by atoms with Crippen molar-refractivity contribution in [2.75, 3.05) is 11.9 Å². The van der Waals surface area contributed by atoms with E-state index in [2.05, 4.69) is 21.2 Å². The van der Waals surface area contributed by atoms with Crippen LogP contribution in [0.4, 0.5) is 0 Å². The molecule has 0 radical (unpaired) electrons. The lowest BCUT2D eigenvalue weighted by Crippen LogP contribution is -2.40. The monoisotopic (exact) mass is 311 g/mol. The Morgan fingerprint density at radius 2 is 2.17 bits per heavy atom. The molecule has 0 saturated carbocycles. The summed E-state index contributed by atoms with van der Waals surface area (Å²) in [4.78, 5) is 12.1. The number of carbonyl (C=O) groups excluding carboxylic acids is 1. The number of carbonyl (C=O) groups is 1. The summed E-state index contributed by atoms with van der Waals surface area (Å²) in [5, 5.41) is 3.75. The van der Waals surface area contributed by atoms with Gasteiger partial charge >= 0.3 is 0 Å². The van der Waals surface area contributed by atoms with Crippen LogP contribution in [0.2, 0.25) is 0 Å². The molecule has 0 spiro atoms. The number of halogens is 1. The van der Waals surface area contributed by atoms with Gasteiger partial charge in [0.1, 0.15) is 6.10 Å². The minimum absolute atomic E-state index is 0.00278. The standard InChI is InChI=1S/C14H18BrNO2/c15-10-12(11-6-2-1-3-7-11)16-14(17)13-8-4-5-9-18-13/h1-3,6-7,12-13H,4-5,8-10H2,(H,16,17). The van der Waals surface area contributed by atoms with Crippen LogP contribution in [0.1, 0.15) is 30.9 Å². The van der Waals surface area contributed by atoms with Gasteiger partial charge in [-0.25, -0.2) is 0 Å². The Hall–Kier alpha value is -0.870. The zero-order valence-electron chi connectivity index (χ0n) is 10.3. The fraction of sp³-hybridized carbons (Fsp3) is 0.500. The second-order valence-corrected chi connectivity index (χ2v) is 5.13. The van der Waals surface area contributed by atoms with Gasteiger partial charge in [-0.15, -0.1) is 0 Å². The molecule has 1 aromatic carbocycles. The van der Waals surface area contributed by atoms with Crippen LogP contribution in [-0.2, 0) is 9.53 Å². The molecule has 1 N–H and O–H groups in total. The maximum Gasteiger partial charge on any atom is 0.249 e. The van der Waals surface area contributed by atoms with Gasteiger partial charge in [0.25, 0.3) is 0 Å². The van der Waals surface area contributed by atoms with Gasteiger partial charge in [-0.3, -0.25) is 4.79 Å². The zero-order chi connectivity index (χ0) is 12.8. The lowest BCUT2D eigenvalue weighted by atomic mass is 10.1. The molecule has 1 heterocycles. The Bertz CT molecular complexity index is 377. The predicted molar refractivity (Wildman–Crippen MR) is 74.7 cm³/mol. The van der Waals surface area contributed by atoms with Gasteiger partial charge in [-0.2, -0.15) is 0 Å². The first kappa shape index (κ1) is 13.6. The third-order valence-electron chi connectivity index (χ3n) is 3.14. The van der Waals surface area contributed by atoms with Crippen molar-refractivity contribution >= 4 is 21.8 Å². The summed E-state index contributed by atoms with van der Waals surface area (Å²) in [7, 11) is 0. The van der Waals surface area contributed by atoms with E-state index in [-0.39, 0.29) is 18.1 Å². The Morgan fingerprint density at radius 1 is 1.39 bits per heavy atom. The summed E-state index contributed by atoms with van der Waals surface area (Å²) in [5.41, 5.74) is 1.11. The summed E-state index contributed by atoms with van der Waals surface area (Å²) in [6.45, 7) is 0.697. The molecule has 98 valence electrons. The van der Waals surface area contributed by atoms with Crippen molar-refractivity contribution in [2.45, 2.75) is 31.4 Å². The summed E-state index contributed by atoms with van der Waals surface area (Å²) in [6.07, 6.45) is 2.69. The molecule has 2 atom stereocenters. The molecule has 2 rings (SSSR count). The average Bonchev–Trinajstić information content (AvgIpc) is 2.46. The molecule has 1 aromatic rings. The van der Waals surface area contributed by atoms with Crippen molar-refractivity contribution in [3.8, 4) is 0 Å². The topological polar surface area (TPSA) is 38.3 Å². The zero-order valence-corrected chi connectivity index (χ0v) is 11.9. The van der Waals surface area contributed by atoms with Crippen LogP contribution in [0.15, 0.2) is 30.3 Å². The van der Waals surface area contributed by atoms with Crippen molar-refractivity contribution < 1.29 is 9.53 Å². The van der Waals surface area contributed by atoms with Gasteiger partial charge in [0.15, 0.2) is 0 Å². The van der Waals surface area contributed by atoms with Gasteiger partial charge < -0.3 is 10.1 Å². The van der Waals surface area contributed by atoms with Crippen LogP contribution in [0.5, 0.6) is 0 Å². The van der Waals surface area contributed by atoms with Gasteiger partial charge in [0, 0.05) is 11.9 Å². The molecule has 1 saturated heterocycles. The highest BCUT2D eigenvalue weighted by Gasteiger charge is 2.24. The van der Waals surface area contributed by atoms with Gasteiger partial charge in [0.05, 0.1) is 6.04 Å². The van der Waals surface area contributed by atoms with E-state index in [1.807, 2.05) is 30.3 Å². The first-order chi connectivity index (χ1) is 8.81. The molecule has 4 heteroatoms. The predicted octanol–water partition coefficient (Wildman–Crippen LogP) is 2.81. The van der Waals surface area contributed by atoms with Crippen LogP contribution in [0.25, 0.3) is 0 Å². The van der Waals surface area contributed by atoms with Crippen LogP contribution in [0.3, 0.4) is 0 Å². The highest BCUT2D eigenvalue weighted by molar-refractivity contribution is 9.09. The maximum atomic E-state index is 12.1. The van der Waals surface area contributed by atoms with Crippen molar-refractivity contribution in [1.82, 2.24) is 5.32 Å². The number of hydrogen-bond acceptors (Lipinski definition) is 2. The lowest BCUT2D eigenvalue weighted by molar-refractivity contribution is -0.136. The van der Waals surface area contributed by atoms with E-state index in [4.69, 9.17) is 4.74 Å². The number of amides is 1. The number of benzene rings is 1. The molecule has 0 bridgehead atoms. The molecule has 18 heavy (non-hydrogen) atoms. The second-order valence-electron chi connectivity index (χ2n) is 4.48. The van der Waals surface area contributed by atoms with E-state index >= 15 is 0 Å². The quantitative estimate of drug-likeness (QED) is 0.868. The number of ether oxygens (including phenoxy) is 1. The molecule has 1 amide bonds. The number of rotatable bonds is 4. The van der Waals surface area contributed by atoms with E-state index in [1.165, 1.54) is 0 Å². The Kier molecular flexibility index (Phi) is 5.20. The van der Waals surface area contributed by atoms with Crippen LogP contribution in [0, 0.1) is 0 Å². The van der Waals surface area contributed by atoms with Crippen molar-refractivity contribution in [2.24, 2.45) is 0 Å². The Balaban J connectivity index is 1.95. The smallest absolute Gasteiger partial charge is 0.249 e. The fourth-order valence-corrected chi connectivity index (χ4v) is 2.64. The van der Waals surface area contributed by atoms with E-state index in [0.717, 1.165) is 24.8 Å². The summed E-state index contributed by atoms with van der Waals surface area (Å²) >= 11 is 3.45. The molecule has 2 unspecified atom stereocenters. The van der Waals surface area contributed by atoms with E-state index in [0.29, 0.717) is 11.9 Å². The molecule has 3 nitrogen and oxygen atoms in total. The van der Waals surface area contributed by atoms with E-state index in [9.17, 15) is 4.79 Å². The first-order valence-electron chi connectivity index (χ1n) is 6.34. The van der Waals surface area contributed by atoms with Crippen LogP contribution >= 0.6 is 15.9 Å². The highest BCUT2D eigenvalue weighted by atomic mass is 79.9. The first-order valence-corrected chi connectivity index (χ1v) is 7.46. The van der Waals surface area contributed by atoms with Crippen molar-refractivity contribution in [3.63, 3.8) is 0 Å². The SMILES string of the molecule is O=C(NC(CBr)c1ccccc1)C1CCCCO1. The maximum absolute atomic E-state index is 12.1. The van der Waals surface area contributed by atoms with Gasteiger partial charge in [-0.05, 0) is 24.8 Å². The molecule has 1 aliphatic heterocycles. The Labute approximate surface area is 116 Å². The minimum atomic E-state index is -0.274. The van der Waals surface area contributed by atoms with Gasteiger partial charge in [0.2, 0.25) is 5.91 Å². The molecule has 0 aliphatic carbocycles. The summed E-state index contributed by atoms with van der Waals surface area (Å²) in [5.74, 6) is 0.00278. The average molecular weight is 312 g/mol. The fourth-order valence-electron chi connectivity index (χ4n) is 2.11. The van der Waals surface area contributed by atoms with Crippen molar-refractivity contribution in [1.29, 1.82) is 0 Å². The number of hydrogen-bond donors (Lipinski definition) is 1. The van der Waals surface area contributed by atoms with E-state index in [1.54, 1.807) is 0 Å². The van der Waals surface area contributed by atoms with Crippen LogP contribution < -0.4 is 5.32 Å². The molecule has 1 aliphatic rings. The Morgan fingerprint density at radius 3 is 2.78 bits per heavy atom. The largest absolute Gasteiger partial charge is 0.368 e. The molecule has 0 aromatic heterocycles. The summed E-state index contributed by atoms with van der Waals surface area (Å²) in [6, 6.07) is 9.98. The second kappa shape index (κ2) is 6.90. The number of nitrogens with one attached hydrogen (secondary N) is 1. The normalized spacial score (nSPS) is 21.3. The van der Waals surface area contributed by atoms with Crippen LogP contribution in [-0.4, -0.2) is 23.9 Å². The third-order valence-corrected chi connectivity index (χ3v) is 3.79. The summed E-state index contributed by atoms with van der Waals surface area (Å²) < 4.78 is 5.49. The molecular formula is C14H18BrNO2. The third kappa shape index (κ3) is 3.56. The van der Waals surface area contributed by atoms with E-state index < -0.39 is 0 Å².